The number of hydrogen-bond donors (Lipinski definition) is 0. The first kappa shape index (κ1) is 8.06. The molecule has 0 unspecified atom stereocenters. The van der Waals surface area contributed by atoms with E-state index in [9.17, 15) is 0 Å². The quantitative estimate of drug-likeness (QED) is 0.522. The van der Waals surface area contributed by atoms with Gasteiger partial charge in [0.2, 0.25) is 0 Å². The van der Waals surface area contributed by atoms with Gasteiger partial charge in [-0.3, -0.25) is 0 Å². The number of fused-ring (bicyclic) bond motifs is 3. The Labute approximate surface area is 86.6 Å². The molecule has 1 nitrogen and oxygen atoms in total. The molecule has 0 aliphatic carbocycles. The van der Waals surface area contributed by atoms with E-state index in [0.29, 0.717) is 0 Å². The molecule has 0 saturated carbocycles. The molecule has 3 aromatic rings. The maximum Gasteiger partial charge on any atom is 0.0561 e. The van der Waals surface area contributed by atoms with E-state index in [-0.39, 0.29) is 0 Å². The zero-order chi connectivity index (χ0) is 9.71. The summed E-state index contributed by atoms with van der Waals surface area (Å²) in [5, 5.41) is 2.78. The summed E-state index contributed by atoms with van der Waals surface area (Å²) in [6.45, 7) is 2.18. The van der Waals surface area contributed by atoms with Crippen molar-refractivity contribution >= 4 is 31.5 Å². The fourth-order valence-corrected chi connectivity index (χ4v) is 3.13. The van der Waals surface area contributed by atoms with Crippen LogP contribution in [0.4, 0.5) is 0 Å². The van der Waals surface area contributed by atoms with Crippen LogP contribution in [-0.2, 0) is 7.05 Å². The average molecular weight is 201 g/mol. The van der Waals surface area contributed by atoms with Gasteiger partial charge in [-0.15, -0.1) is 11.3 Å². The number of hydrogen-bond acceptors (Lipinski definition) is 1. The molecule has 2 heteroatoms. The lowest BCUT2D eigenvalue weighted by Crippen LogP contribution is -1.85. The van der Waals surface area contributed by atoms with Gasteiger partial charge in [0, 0.05) is 34.4 Å². The van der Waals surface area contributed by atoms with Crippen LogP contribution in [0.3, 0.4) is 0 Å². The molecule has 0 aliphatic heterocycles. The molecule has 1 aromatic carbocycles. The third kappa shape index (κ3) is 0.891. The Kier molecular flexibility index (Phi) is 1.50. The van der Waals surface area contributed by atoms with Gasteiger partial charge in [-0.1, -0.05) is 18.2 Å². The van der Waals surface area contributed by atoms with Crippen LogP contribution in [0.1, 0.15) is 5.69 Å². The summed E-state index contributed by atoms with van der Waals surface area (Å²) >= 11 is 1.89. The lowest BCUT2D eigenvalue weighted by atomic mass is 10.2. The molecule has 0 amide bonds. The first-order valence-corrected chi connectivity index (χ1v) is 5.52. The van der Waals surface area contributed by atoms with Crippen molar-refractivity contribution in [3.05, 3.63) is 36.2 Å². The Morgan fingerprint density at radius 2 is 1.93 bits per heavy atom. The number of aromatic nitrogens is 1. The summed E-state index contributed by atoms with van der Waals surface area (Å²) in [7, 11) is 2.11. The van der Waals surface area contributed by atoms with E-state index < -0.39 is 0 Å². The Morgan fingerprint density at radius 3 is 2.79 bits per heavy atom. The summed E-state index contributed by atoms with van der Waals surface area (Å²) in [6.07, 6.45) is 2.23. The molecule has 0 saturated heterocycles. The zero-order valence-corrected chi connectivity index (χ0v) is 9.06. The van der Waals surface area contributed by atoms with Crippen molar-refractivity contribution in [2.24, 2.45) is 7.05 Å². The van der Waals surface area contributed by atoms with E-state index in [1.54, 1.807) is 0 Å². The van der Waals surface area contributed by atoms with E-state index in [1.807, 2.05) is 11.3 Å². The molecule has 0 N–H and O–H groups in total. The van der Waals surface area contributed by atoms with Crippen LogP contribution in [0.25, 0.3) is 20.2 Å². The summed E-state index contributed by atoms with van der Waals surface area (Å²) in [6, 6.07) is 8.61. The SMILES string of the molecule is Cc1c2sc3ccccc3c2cn1C. The second-order valence-electron chi connectivity index (χ2n) is 3.67. The summed E-state index contributed by atoms with van der Waals surface area (Å²) in [5.74, 6) is 0. The molecule has 0 aliphatic rings. The van der Waals surface area contributed by atoms with Crippen molar-refractivity contribution < 1.29 is 0 Å². The van der Waals surface area contributed by atoms with E-state index in [4.69, 9.17) is 0 Å². The second kappa shape index (κ2) is 2.61. The highest BCUT2D eigenvalue weighted by Gasteiger charge is 2.09. The number of benzene rings is 1. The number of aryl methyl sites for hydroxylation is 2. The predicted octanol–water partition coefficient (Wildman–Crippen LogP) is 3.70. The Morgan fingerprint density at radius 1 is 1.14 bits per heavy atom. The maximum absolute atomic E-state index is 2.23. The largest absolute Gasteiger partial charge is 0.353 e. The smallest absolute Gasteiger partial charge is 0.0561 e. The first-order chi connectivity index (χ1) is 6.77. The minimum absolute atomic E-state index is 1.36. The number of nitrogens with zero attached hydrogens (tertiary/aromatic N) is 1. The molecule has 0 spiro atoms. The van der Waals surface area contributed by atoms with Crippen LogP contribution in [0.2, 0.25) is 0 Å². The zero-order valence-electron chi connectivity index (χ0n) is 8.24. The van der Waals surface area contributed by atoms with Gasteiger partial charge in [0.1, 0.15) is 0 Å². The standard InChI is InChI=1S/C12H11NS/c1-8-12-10(7-13(8)2)9-5-3-4-6-11(9)14-12/h3-7H,1-2H3. The molecular formula is C12H11NS. The third-order valence-electron chi connectivity index (χ3n) is 2.81. The van der Waals surface area contributed by atoms with Crippen molar-refractivity contribution in [2.75, 3.05) is 0 Å². The molecule has 2 heterocycles. The van der Waals surface area contributed by atoms with Crippen molar-refractivity contribution in [1.29, 1.82) is 0 Å². The minimum atomic E-state index is 1.36. The van der Waals surface area contributed by atoms with Crippen molar-refractivity contribution in [2.45, 2.75) is 6.92 Å². The lowest BCUT2D eigenvalue weighted by molar-refractivity contribution is 0.890. The summed E-state index contributed by atoms with van der Waals surface area (Å²) < 4.78 is 5.02. The fraction of sp³-hybridized carbons (Fsp3) is 0.167. The van der Waals surface area contributed by atoms with E-state index >= 15 is 0 Å². The number of thiophene rings is 1. The van der Waals surface area contributed by atoms with Crippen LogP contribution >= 0.6 is 11.3 Å². The van der Waals surface area contributed by atoms with Gasteiger partial charge < -0.3 is 4.57 Å². The lowest BCUT2D eigenvalue weighted by Gasteiger charge is -1.93. The maximum atomic E-state index is 2.23. The highest BCUT2D eigenvalue weighted by atomic mass is 32.1. The molecule has 2 aromatic heterocycles. The normalized spacial score (nSPS) is 11.6. The highest BCUT2D eigenvalue weighted by Crippen LogP contribution is 2.36. The van der Waals surface area contributed by atoms with Crippen molar-refractivity contribution in [3.63, 3.8) is 0 Å². The van der Waals surface area contributed by atoms with Gasteiger partial charge in [0.05, 0.1) is 4.70 Å². The van der Waals surface area contributed by atoms with Crippen LogP contribution in [-0.4, -0.2) is 4.57 Å². The van der Waals surface area contributed by atoms with Gasteiger partial charge in [-0.25, -0.2) is 0 Å². The van der Waals surface area contributed by atoms with Crippen LogP contribution in [0.15, 0.2) is 30.5 Å². The van der Waals surface area contributed by atoms with Gasteiger partial charge in [-0.05, 0) is 13.0 Å². The molecular weight excluding hydrogens is 190 g/mol. The van der Waals surface area contributed by atoms with Gasteiger partial charge in [0.25, 0.3) is 0 Å². The molecule has 14 heavy (non-hydrogen) atoms. The van der Waals surface area contributed by atoms with E-state index in [1.165, 1.54) is 25.9 Å². The minimum Gasteiger partial charge on any atom is -0.353 e. The van der Waals surface area contributed by atoms with Crippen LogP contribution < -0.4 is 0 Å². The molecule has 70 valence electrons. The van der Waals surface area contributed by atoms with E-state index in [2.05, 4.69) is 49.0 Å². The molecule has 0 bridgehead atoms. The highest BCUT2D eigenvalue weighted by molar-refractivity contribution is 7.26. The fourth-order valence-electron chi connectivity index (χ4n) is 1.91. The van der Waals surface area contributed by atoms with Crippen LogP contribution in [0.5, 0.6) is 0 Å². The molecule has 3 rings (SSSR count). The third-order valence-corrected chi connectivity index (χ3v) is 4.11. The molecule has 0 radical (unpaired) electrons. The van der Waals surface area contributed by atoms with Crippen molar-refractivity contribution in [1.82, 2.24) is 4.57 Å². The molecule has 0 fully saturated rings. The Bertz CT molecular complexity index is 616. The summed E-state index contributed by atoms with van der Waals surface area (Å²) in [5.41, 5.74) is 1.36. The van der Waals surface area contributed by atoms with Gasteiger partial charge in [-0.2, -0.15) is 0 Å². The van der Waals surface area contributed by atoms with Gasteiger partial charge in [0.15, 0.2) is 0 Å². The van der Waals surface area contributed by atoms with Crippen molar-refractivity contribution in [3.8, 4) is 0 Å². The van der Waals surface area contributed by atoms with E-state index in [0.717, 1.165) is 0 Å². The number of rotatable bonds is 0. The monoisotopic (exact) mass is 201 g/mol. The Balaban J connectivity index is 2.60. The average Bonchev–Trinajstić information content (AvgIpc) is 2.67. The Hall–Kier alpha value is -1.28. The topological polar surface area (TPSA) is 4.93 Å². The second-order valence-corrected chi connectivity index (χ2v) is 4.72. The molecule has 0 atom stereocenters. The van der Waals surface area contributed by atoms with Crippen LogP contribution in [0, 0.1) is 6.92 Å². The first-order valence-electron chi connectivity index (χ1n) is 4.70. The summed E-state index contributed by atoms with van der Waals surface area (Å²) in [4.78, 5) is 0. The predicted molar refractivity (Wildman–Crippen MR) is 63.0 cm³/mol. The van der Waals surface area contributed by atoms with Gasteiger partial charge >= 0.3 is 0 Å².